The van der Waals surface area contributed by atoms with E-state index in [1.807, 2.05) is 12.1 Å². The van der Waals surface area contributed by atoms with Gasteiger partial charge >= 0.3 is 0 Å². The minimum absolute atomic E-state index is 0.0390. The summed E-state index contributed by atoms with van der Waals surface area (Å²) in [6.07, 6.45) is 3.23. The van der Waals surface area contributed by atoms with E-state index >= 15 is 0 Å². The fourth-order valence-corrected chi connectivity index (χ4v) is 1.40. The number of aliphatic hydroxyl groups is 1. The lowest BCUT2D eigenvalue weighted by atomic mass is 10.0. The molecule has 0 aliphatic rings. The Morgan fingerprint density at radius 3 is 2.53 bits per heavy atom. The fourth-order valence-electron chi connectivity index (χ4n) is 1.40. The average Bonchev–Trinajstić information content (AvgIpc) is 2.34. The molecule has 0 saturated carbocycles. The molecule has 1 rings (SSSR count). The van der Waals surface area contributed by atoms with Crippen molar-refractivity contribution < 1.29 is 9.90 Å². The van der Waals surface area contributed by atoms with Crippen LogP contribution >= 0.6 is 0 Å². The summed E-state index contributed by atoms with van der Waals surface area (Å²) in [6.45, 7) is 4.54. The zero-order chi connectivity index (χ0) is 12.7. The number of carbonyl (C=O) groups is 1. The van der Waals surface area contributed by atoms with E-state index in [2.05, 4.69) is 31.3 Å². The molecular weight excluding hydrogens is 214 g/mol. The van der Waals surface area contributed by atoms with Crippen LogP contribution in [0.3, 0.4) is 0 Å². The van der Waals surface area contributed by atoms with Crippen LogP contribution in [0.4, 0.5) is 0 Å². The van der Waals surface area contributed by atoms with Crippen LogP contribution < -0.4 is 5.32 Å². The summed E-state index contributed by atoms with van der Waals surface area (Å²) in [7, 11) is 0. The third-order valence-electron chi connectivity index (χ3n) is 2.44. The van der Waals surface area contributed by atoms with Crippen molar-refractivity contribution in [1.82, 2.24) is 5.32 Å². The highest BCUT2D eigenvalue weighted by Gasteiger charge is 1.97. The van der Waals surface area contributed by atoms with Crippen molar-refractivity contribution >= 4 is 12.0 Å². The Labute approximate surface area is 102 Å². The first kappa shape index (κ1) is 13.5. The van der Waals surface area contributed by atoms with Crippen molar-refractivity contribution in [1.29, 1.82) is 0 Å². The van der Waals surface area contributed by atoms with Crippen LogP contribution in [0.1, 0.15) is 30.9 Å². The lowest BCUT2D eigenvalue weighted by Gasteiger charge is -2.04. The summed E-state index contributed by atoms with van der Waals surface area (Å²) < 4.78 is 0. The van der Waals surface area contributed by atoms with E-state index in [1.165, 1.54) is 11.6 Å². The molecule has 0 radical (unpaired) electrons. The van der Waals surface area contributed by atoms with E-state index in [4.69, 9.17) is 5.11 Å². The summed E-state index contributed by atoms with van der Waals surface area (Å²) >= 11 is 0. The number of hydrogen-bond acceptors (Lipinski definition) is 2. The normalized spacial score (nSPS) is 11.1. The molecular formula is C14H19NO2. The van der Waals surface area contributed by atoms with Crippen LogP contribution in [-0.4, -0.2) is 24.2 Å². The highest BCUT2D eigenvalue weighted by atomic mass is 16.3. The molecule has 0 spiro atoms. The summed E-state index contributed by atoms with van der Waals surface area (Å²) in [4.78, 5) is 11.2. The van der Waals surface area contributed by atoms with Crippen molar-refractivity contribution in [3.63, 3.8) is 0 Å². The second-order valence-electron chi connectivity index (χ2n) is 4.17. The van der Waals surface area contributed by atoms with Gasteiger partial charge in [0.15, 0.2) is 0 Å². The highest BCUT2D eigenvalue weighted by molar-refractivity contribution is 5.91. The maximum absolute atomic E-state index is 11.2. The molecule has 0 aliphatic carbocycles. The molecule has 0 aliphatic heterocycles. The molecule has 1 aromatic rings. The van der Waals surface area contributed by atoms with E-state index in [0.717, 1.165) is 5.56 Å². The molecule has 0 saturated heterocycles. The first-order valence-corrected chi connectivity index (χ1v) is 5.80. The van der Waals surface area contributed by atoms with Crippen molar-refractivity contribution in [2.45, 2.75) is 19.8 Å². The third kappa shape index (κ3) is 4.83. The second kappa shape index (κ2) is 6.86. The van der Waals surface area contributed by atoms with Gasteiger partial charge in [0.2, 0.25) is 5.91 Å². The number of aliphatic hydroxyl groups excluding tert-OH is 1. The van der Waals surface area contributed by atoms with Crippen LogP contribution in [0.25, 0.3) is 6.08 Å². The minimum Gasteiger partial charge on any atom is -0.395 e. The van der Waals surface area contributed by atoms with Gasteiger partial charge in [-0.05, 0) is 23.1 Å². The average molecular weight is 233 g/mol. The molecule has 0 fully saturated rings. The van der Waals surface area contributed by atoms with Crippen LogP contribution in [-0.2, 0) is 4.79 Å². The van der Waals surface area contributed by atoms with E-state index in [0.29, 0.717) is 5.92 Å². The molecule has 1 aromatic carbocycles. The second-order valence-corrected chi connectivity index (χ2v) is 4.17. The lowest BCUT2D eigenvalue weighted by Crippen LogP contribution is -2.24. The summed E-state index contributed by atoms with van der Waals surface area (Å²) in [5, 5.41) is 11.1. The molecule has 0 aromatic heterocycles. The van der Waals surface area contributed by atoms with Crippen molar-refractivity contribution in [2.75, 3.05) is 13.2 Å². The van der Waals surface area contributed by atoms with E-state index in [-0.39, 0.29) is 19.1 Å². The summed E-state index contributed by atoms with van der Waals surface area (Å²) in [6, 6.07) is 8.11. The van der Waals surface area contributed by atoms with Crippen LogP contribution in [0.5, 0.6) is 0 Å². The van der Waals surface area contributed by atoms with Gasteiger partial charge in [-0.2, -0.15) is 0 Å². The molecule has 17 heavy (non-hydrogen) atoms. The van der Waals surface area contributed by atoms with E-state index < -0.39 is 0 Å². The fraction of sp³-hybridized carbons (Fsp3) is 0.357. The number of benzene rings is 1. The molecule has 0 heterocycles. The van der Waals surface area contributed by atoms with Crippen molar-refractivity contribution in [2.24, 2.45) is 0 Å². The van der Waals surface area contributed by atoms with Crippen LogP contribution in [0, 0.1) is 0 Å². The summed E-state index contributed by atoms with van der Waals surface area (Å²) in [5.74, 6) is 0.327. The molecule has 0 unspecified atom stereocenters. The zero-order valence-corrected chi connectivity index (χ0v) is 10.3. The molecule has 1 amide bonds. The standard InChI is InChI=1S/C14H19NO2/c1-11(2)13-6-3-12(4-7-13)5-8-14(17)15-9-10-16/h3-8,11,16H,9-10H2,1-2H3,(H,15,17). The maximum atomic E-state index is 11.2. The highest BCUT2D eigenvalue weighted by Crippen LogP contribution is 2.15. The molecule has 0 atom stereocenters. The Morgan fingerprint density at radius 2 is 2.00 bits per heavy atom. The quantitative estimate of drug-likeness (QED) is 0.763. The van der Waals surface area contributed by atoms with E-state index in [1.54, 1.807) is 6.08 Å². The smallest absolute Gasteiger partial charge is 0.244 e. The van der Waals surface area contributed by atoms with Gasteiger partial charge in [0.05, 0.1) is 6.61 Å². The molecule has 3 nitrogen and oxygen atoms in total. The summed E-state index contributed by atoms with van der Waals surface area (Å²) in [5.41, 5.74) is 2.28. The Bertz CT molecular complexity index is 380. The van der Waals surface area contributed by atoms with Gasteiger partial charge in [-0.25, -0.2) is 0 Å². The Balaban J connectivity index is 2.56. The first-order chi connectivity index (χ1) is 8.13. The molecule has 3 heteroatoms. The monoisotopic (exact) mass is 233 g/mol. The van der Waals surface area contributed by atoms with Gasteiger partial charge in [-0.1, -0.05) is 38.1 Å². The largest absolute Gasteiger partial charge is 0.395 e. The van der Waals surface area contributed by atoms with Crippen molar-refractivity contribution in [3.05, 3.63) is 41.5 Å². The number of rotatable bonds is 5. The van der Waals surface area contributed by atoms with E-state index in [9.17, 15) is 4.79 Å². The van der Waals surface area contributed by atoms with Gasteiger partial charge in [-0.15, -0.1) is 0 Å². The maximum Gasteiger partial charge on any atom is 0.244 e. The van der Waals surface area contributed by atoms with Gasteiger partial charge in [0.25, 0.3) is 0 Å². The Kier molecular flexibility index (Phi) is 5.43. The first-order valence-electron chi connectivity index (χ1n) is 5.80. The Morgan fingerprint density at radius 1 is 1.35 bits per heavy atom. The lowest BCUT2D eigenvalue weighted by molar-refractivity contribution is -0.116. The van der Waals surface area contributed by atoms with Gasteiger partial charge in [0, 0.05) is 12.6 Å². The third-order valence-corrected chi connectivity index (χ3v) is 2.44. The van der Waals surface area contributed by atoms with Crippen LogP contribution in [0.15, 0.2) is 30.3 Å². The molecule has 2 N–H and O–H groups in total. The SMILES string of the molecule is CC(C)c1ccc(C=CC(=O)NCCO)cc1. The minimum atomic E-state index is -0.188. The van der Waals surface area contributed by atoms with Gasteiger partial charge in [0.1, 0.15) is 0 Å². The molecule has 0 bridgehead atoms. The van der Waals surface area contributed by atoms with Gasteiger partial charge in [-0.3, -0.25) is 4.79 Å². The number of carbonyl (C=O) groups excluding carboxylic acids is 1. The van der Waals surface area contributed by atoms with Crippen LogP contribution in [0.2, 0.25) is 0 Å². The number of amides is 1. The molecule has 92 valence electrons. The zero-order valence-electron chi connectivity index (χ0n) is 10.3. The van der Waals surface area contributed by atoms with Crippen molar-refractivity contribution in [3.8, 4) is 0 Å². The topological polar surface area (TPSA) is 49.3 Å². The number of hydrogen-bond donors (Lipinski definition) is 2. The predicted octanol–water partition coefficient (Wildman–Crippen LogP) is 1.93. The number of nitrogens with one attached hydrogen (secondary N) is 1. The predicted molar refractivity (Wildman–Crippen MR) is 69.7 cm³/mol. The Hall–Kier alpha value is -1.61. The van der Waals surface area contributed by atoms with Gasteiger partial charge < -0.3 is 10.4 Å².